The second kappa shape index (κ2) is 5.53. The molecule has 0 saturated heterocycles. The number of thioether (sulfide) groups is 1. The Bertz CT molecular complexity index is 805. The molecular formula is C18H18ClN3S. The van der Waals surface area contributed by atoms with Gasteiger partial charge in [0.2, 0.25) is 0 Å². The van der Waals surface area contributed by atoms with Gasteiger partial charge in [-0.2, -0.15) is 0 Å². The maximum atomic E-state index is 6.09. The first-order valence-corrected chi connectivity index (χ1v) is 9.15. The van der Waals surface area contributed by atoms with Crippen LogP contribution >= 0.6 is 23.4 Å². The Morgan fingerprint density at radius 2 is 2.13 bits per heavy atom. The van der Waals surface area contributed by atoms with Gasteiger partial charge in [0.15, 0.2) is 5.17 Å². The highest BCUT2D eigenvalue weighted by molar-refractivity contribution is 8.13. The minimum atomic E-state index is -0.217. The third-order valence-electron chi connectivity index (χ3n) is 5.03. The van der Waals surface area contributed by atoms with Crippen molar-refractivity contribution in [2.45, 2.75) is 25.3 Å². The van der Waals surface area contributed by atoms with Gasteiger partial charge in [-0.3, -0.25) is 9.98 Å². The number of fused-ring (bicyclic) bond motifs is 3. The first-order chi connectivity index (χ1) is 11.1. The topological polar surface area (TPSA) is 51.3 Å². The Hall–Kier alpha value is -1.52. The summed E-state index contributed by atoms with van der Waals surface area (Å²) in [5, 5.41) is 1.35. The lowest BCUT2D eigenvalue weighted by atomic mass is 9.70. The van der Waals surface area contributed by atoms with Gasteiger partial charge in [0.25, 0.3) is 0 Å². The minimum absolute atomic E-state index is 0.217. The van der Waals surface area contributed by atoms with Crippen molar-refractivity contribution >= 4 is 28.5 Å². The largest absolute Gasteiger partial charge is 0.379 e. The summed E-state index contributed by atoms with van der Waals surface area (Å²) in [5.74, 6) is 1.59. The van der Waals surface area contributed by atoms with Crippen LogP contribution in [0.2, 0.25) is 5.02 Å². The summed E-state index contributed by atoms with van der Waals surface area (Å²) in [4.78, 5) is 9.05. The molecule has 1 aliphatic heterocycles. The number of hydrogen-bond acceptors (Lipinski definition) is 4. The predicted molar refractivity (Wildman–Crippen MR) is 97.9 cm³/mol. The molecule has 0 radical (unpaired) electrons. The summed E-state index contributed by atoms with van der Waals surface area (Å²) >= 11 is 7.77. The number of aliphatic imine (C=N–C) groups is 1. The highest BCUT2D eigenvalue weighted by Gasteiger charge is 2.42. The summed E-state index contributed by atoms with van der Waals surface area (Å²) < 4.78 is 0. The zero-order chi connectivity index (χ0) is 16.0. The van der Waals surface area contributed by atoms with Crippen molar-refractivity contribution < 1.29 is 0 Å². The van der Waals surface area contributed by atoms with E-state index < -0.39 is 0 Å². The number of hydrogen-bond donors (Lipinski definition) is 1. The van der Waals surface area contributed by atoms with Gasteiger partial charge in [0, 0.05) is 23.7 Å². The van der Waals surface area contributed by atoms with Gasteiger partial charge in [-0.05, 0) is 54.5 Å². The average molecular weight is 344 g/mol. The average Bonchev–Trinajstić information content (AvgIpc) is 2.54. The van der Waals surface area contributed by atoms with Gasteiger partial charge < -0.3 is 5.73 Å². The third-order valence-corrected chi connectivity index (χ3v) is 6.19. The Kier molecular flexibility index (Phi) is 3.62. The zero-order valence-corrected chi connectivity index (χ0v) is 14.5. The highest BCUT2D eigenvalue weighted by Crippen LogP contribution is 2.47. The number of aromatic nitrogens is 1. The van der Waals surface area contributed by atoms with Crippen molar-refractivity contribution in [3.05, 3.63) is 52.8 Å². The van der Waals surface area contributed by atoms with E-state index in [-0.39, 0.29) is 5.54 Å². The molecule has 4 rings (SSSR count). The number of pyridine rings is 1. The van der Waals surface area contributed by atoms with E-state index in [1.165, 1.54) is 17.5 Å². The van der Waals surface area contributed by atoms with Crippen LogP contribution in [0.3, 0.4) is 0 Å². The van der Waals surface area contributed by atoms with Crippen molar-refractivity contribution in [2.75, 3.05) is 5.75 Å². The molecule has 118 valence electrons. The molecule has 2 heterocycles. The van der Waals surface area contributed by atoms with E-state index in [0.717, 1.165) is 23.3 Å². The lowest BCUT2D eigenvalue weighted by molar-refractivity contribution is 0.292. The molecule has 1 aromatic carbocycles. The molecule has 0 bridgehead atoms. The summed E-state index contributed by atoms with van der Waals surface area (Å²) in [6, 6.07) is 8.58. The summed E-state index contributed by atoms with van der Waals surface area (Å²) in [5.41, 5.74) is 10.7. The molecule has 3 nitrogen and oxygen atoms in total. The molecule has 23 heavy (non-hydrogen) atoms. The summed E-state index contributed by atoms with van der Waals surface area (Å²) in [6.07, 6.45) is 5.79. The molecule has 2 aliphatic rings. The Labute approximate surface area is 145 Å². The summed E-state index contributed by atoms with van der Waals surface area (Å²) in [6.45, 7) is 2.22. The van der Waals surface area contributed by atoms with Crippen molar-refractivity contribution in [2.24, 2.45) is 16.6 Å². The lowest BCUT2D eigenvalue weighted by Crippen LogP contribution is -2.41. The molecule has 0 saturated carbocycles. The molecule has 0 fully saturated rings. The van der Waals surface area contributed by atoms with Crippen molar-refractivity contribution in [3.63, 3.8) is 0 Å². The van der Waals surface area contributed by atoms with Crippen LogP contribution < -0.4 is 5.73 Å². The first kappa shape index (κ1) is 15.0. The van der Waals surface area contributed by atoms with Crippen LogP contribution in [0.5, 0.6) is 0 Å². The number of nitrogens with two attached hydrogens (primary N) is 1. The van der Waals surface area contributed by atoms with E-state index in [2.05, 4.69) is 30.1 Å². The van der Waals surface area contributed by atoms with Crippen molar-refractivity contribution in [1.82, 2.24) is 4.98 Å². The maximum Gasteiger partial charge on any atom is 0.154 e. The summed E-state index contributed by atoms with van der Waals surface area (Å²) in [7, 11) is 0. The van der Waals surface area contributed by atoms with Crippen LogP contribution in [0.15, 0.2) is 41.7 Å². The fourth-order valence-corrected chi connectivity index (χ4v) is 4.98. The molecule has 2 N–H and O–H groups in total. The second-order valence-electron chi connectivity index (χ2n) is 6.41. The van der Waals surface area contributed by atoms with E-state index in [4.69, 9.17) is 22.3 Å². The molecule has 1 aromatic heterocycles. The van der Waals surface area contributed by atoms with Gasteiger partial charge in [-0.25, -0.2) is 0 Å². The van der Waals surface area contributed by atoms with Gasteiger partial charge in [0.05, 0.1) is 10.6 Å². The predicted octanol–water partition coefficient (Wildman–Crippen LogP) is 4.24. The van der Waals surface area contributed by atoms with Crippen LogP contribution in [-0.2, 0) is 12.0 Å². The van der Waals surface area contributed by atoms with Crippen LogP contribution in [-0.4, -0.2) is 15.9 Å². The maximum absolute atomic E-state index is 6.09. The van der Waals surface area contributed by atoms with E-state index >= 15 is 0 Å². The van der Waals surface area contributed by atoms with E-state index in [0.29, 0.717) is 16.1 Å². The van der Waals surface area contributed by atoms with E-state index in [1.54, 1.807) is 18.0 Å². The number of aryl methyl sites for hydroxylation is 1. The Morgan fingerprint density at radius 3 is 2.96 bits per heavy atom. The molecule has 5 heteroatoms. The zero-order valence-electron chi connectivity index (χ0n) is 12.9. The van der Waals surface area contributed by atoms with E-state index in [9.17, 15) is 0 Å². The van der Waals surface area contributed by atoms with Crippen molar-refractivity contribution in [3.8, 4) is 11.1 Å². The normalized spacial score (nSPS) is 26.2. The van der Waals surface area contributed by atoms with Crippen LogP contribution in [0, 0.1) is 5.92 Å². The first-order valence-electron chi connectivity index (χ1n) is 7.79. The third kappa shape index (κ3) is 2.54. The standard InChI is InChI=1S/C18H18ClN3S/c1-18-14(10-23-17(20)22-18)5-4-11-2-3-12(7-16(11)18)13-6-15(19)9-21-8-13/h2-3,6-9,14H,4-5,10H2,1H3,(H2,20,22). The number of amidine groups is 1. The van der Waals surface area contributed by atoms with Gasteiger partial charge in [-0.1, -0.05) is 35.5 Å². The molecule has 0 spiro atoms. The molecule has 1 aliphatic carbocycles. The quantitative estimate of drug-likeness (QED) is 0.842. The molecule has 0 amide bonds. The van der Waals surface area contributed by atoms with Crippen LogP contribution in [0.1, 0.15) is 24.5 Å². The van der Waals surface area contributed by atoms with Crippen molar-refractivity contribution in [1.29, 1.82) is 0 Å². The van der Waals surface area contributed by atoms with E-state index in [1.807, 2.05) is 12.3 Å². The monoisotopic (exact) mass is 343 g/mol. The SMILES string of the molecule is CC12N=C(N)SCC1CCc1ccc(-c3cncc(Cl)c3)cc12. The fourth-order valence-electron chi connectivity index (χ4n) is 3.69. The number of benzene rings is 1. The Balaban J connectivity index is 1.86. The molecule has 2 atom stereocenters. The van der Waals surface area contributed by atoms with Gasteiger partial charge >= 0.3 is 0 Å². The highest BCUT2D eigenvalue weighted by atomic mass is 35.5. The smallest absolute Gasteiger partial charge is 0.154 e. The van der Waals surface area contributed by atoms with Crippen LogP contribution in [0.25, 0.3) is 11.1 Å². The second-order valence-corrected chi connectivity index (χ2v) is 7.88. The van der Waals surface area contributed by atoms with Crippen LogP contribution in [0.4, 0.5) is 0 Å². The number of halogens is 1. The Morgan fingerprint density at radius 1 is 1.26 bits per heavy atom. The number of rotatable bonds is 1. The minimum Gasteiger partial charge on any atom is -0.379 e. The van der Waals surface area contributed by atoms with Gasteiger partial charge in [-0.15, -0.1) is 0 Å². The molecule has 2 unspecified atom stereocenters. The fraction of sp³-hybridized carbons (Fsp3) is 0.333. The molecule has 2 aromatic rings. The lowest BCUT2D eigenvalue weighted by Gasteiger charge is -2.42. The number of nitrogens with zero attached hydrogens (tertiary/aromatic N) is 2. The van der Waals surface area contributed by atoms with Gasteiger partial charge in [0.1, 0.15) is 0 Å². The molecular weight excluding hydrogens is 326 g/mol.